The van der Waals surface area contributed by atoms with E-state index in [4.69, 9.17) is 4.98 Å². The molecular weight excluding hydrogens is 298 g/mol. The molecular formula is C19H31N5. The molecule has 0 amide bonds. The van der Waals surface area contributed by atoms with Crippen LogP contribution in [0.4, 0.5) is 11.8 Å². The molecule has 0 bridgehead atoms. The van der Waals surface area contributed by atoms with E-state index in [9.17, 15) is 0 Å². The average Bonchev–Trinajstić information content (AvgIpc) is 2.90. The van der Waals surface area contributed by atoms with E-state index in [0.29, 0.717) is 6.04 Å². The van der Waals surface area contributed by atoms with Crippen LogP contribution in [0.3, 0.4) is 0 Å². The van der Waals surface area contributed by atoms with Crippen LogP contribution >= 0.6 is 0 Å². The zero-order valence-corrected chi connectivity index (χ0v) is 15.0. The number of piperidine rings is 1. The summed E-state index contributed by atoms with van der Waals surface area (Å²) in [7, 11) is 0. The highest BCUT2D eigenvalue weighted by molar-refractivity contribution is 5.43. The minimum atomic E-state index is 0.448. The van der Waals surface area contributed by atoms with E-state index < -0.39 is 0 Å². The standard InChI is InChI=1S/C19H31N5/c1-2-3-12-23-13-8-9-17(16-23)21-19-20-11-10-18(22-19)24-14-6-4-5-7-15-24/h2-3,10-11,17H,4-9,12-16H2,1H3,(H,20,21,22)/b3-2+. The number of hydrogen-bond acceptors (Lipinski definition) is 5. The summed E-state index contributed by atoms with van der Waals surface area (Å²) in [5.41, 5.74) is 0. The largest absolute Gasteiger partial charge is 0.356 e. The zero-order chi connectivity index (χ0) is 16.6. The first-order valence-electron chi connectivity index (χ1n) is 9.53. The fraction of sp³-hybridized carbons (Fsp3) is 0.684. The van der Waals surface area contributed by atoms with Gasteiger partial charge in [-0.1, -0.05) is 25.0 Å². The summed E-state index contributed by atoms with van der Waals surface area (Å²) in [6, 6.07) is 2.50. The predicted molar refractivity (Wildman–Crippen MR) is 101 cm³/mol. The number of rotatable bonds is 5. The maximum Gasteiger partial charge on any atom is 0.224 e. The molecule has 132 valence electrons. The molecule has 0 radical (unpaired) electrons. The van der Waals surface area contributed by atoms with E-state index in [0.717, 1.165) is 37.9 Å². The molecule has 2 fully saturated rings. The lowest BCUT2D eigenvalue weighted by molar-refractivity contribution is 0.237. The van der Waals surface area contributed by atoms with Crippen molar-refractivity contribution in [1.29, 1.82) is 0 Å². The summed E-state index contributed by atoms with van der Waals surface area (Å²) >= 11 is 0. The van der Waals surface area contributed by atoms with Crippen molar-refractivity contribution in [3.8, 4) is 0 Å². The normalized spacial score (nSPS) is 23.4. The third-order valence-electron chi connectivity index (χ3n) is 5.01. The van der Waals surface area contributed by atoms with Gasteiger partial charge in [0.15, 0.2) is 0 Å². The summed E-state index contributed by atoms with van der Waals surface area (Å²) in [6.07, 6.45) is 13.9. The Balaban J connectivity index is 1.59. The fourth-order valence-corrected chi connectivity index (χ4v) is 3.67. The molecule has 1 aromatic heterocycles. The number of allylic oxidation sites excluding steroid dienone is 1. The number of nitrogens with zero attached hydrogens (tertiary/aromatic N) is 4. The van der Waals surface area contributed by atoms with Gasteiger partial charge in [-0.2, -0.15) is 4.98 Å². The number of nitrogens with one attached hydrogen (secondary N) is 1. The lowest BCUT2D eigenvalue weighted by atomic mass is 10.1. The molecule has 24 heavy (non-hydrogen) atoms. The van der Waals surface area contributed by atoms with Gasteiger partial charge in [-0.15, -0.1) is 0 Å². The second kappa shape index (κ2) is 9.02. The van der Waals surface area contributed by atoms with Crippen molar-refractivity contribution in [3.05, 3.63) is 24.4 Å². The molecule has 5 heteroatoms. The first-order valence-corrected chi connectivity index (χ1v) is 9.53. The Morgan fingerprint density at radius 2 is 2.00 bits per heavy atom. The Hall–Kier alpha value is -1.62. The number of anilines is 2. The molecule has 3 heterocycles. The lowest BCUT2D eigenvalue weighted by Gasteiger charge is -2.32. The second-order valence-electron chi connectivity index (χ2n) is 6.95. The van der Waals surface area contributed by atoms with Crippen LogP contribution in [0.1, 0.15) is 45.4 Å². The first-order chi connectivity index (χ1) is 11.8. The van der Waals surface area contributed by atoms with Gasteiger partial charge < -0.3 is 10.2 Å². The zero-order valence-electron chi connectivity index (χ0n) is 15.0. The third-order valence-corrected chi connectivity index (χ3v) is 5.01. The molecule has 2 aliphatic rings. The van der Waals surface area contributed by atoms with Crippen LogP contribution in [0.5, 0.6) is 0 Å². The van der Waals surface area contributed by atoms with Gasteiger partial charge in [0.25, 0.3) is 0 Å². The monoisotopic (exact) mass is 329 g/mol. The van der Waals surface area contributed by atoms with Crippen LogP contribution in [0.15, 0.2) is 24.4 Å². The minimum absolute atomic E-state index is 0.448. The predicted octanol–water partition coefficient (Wildman–Crippen LogP) is 3.31. The van der Waals surface area contributed by atoms with E-state index in [2.05, 4.69) is 45.2 Å². The summed E-state index contributed by atoms with van der Waals surface area (Å²) in [6.45, 7) is 7.64. The van der Waals surface area contributed by atoms with Gasteiger partial charge in [0.2, 0.25) is 5.95 Å². The van der Waals surface area contributed by atoms with Crippen molar-refractivity contribution in [1.82, 2.24) is 14.9 Å². The van der Waals surface area contributed by atoms with Gasteiger partial charge in [-0.3, -0.25) is 4.90 Å². The molecule has 0 aromatic carbocycles. The smallest absolute Gasteiger partial charge is 0.224 e. The molecule has 3 rings (SSSR count). The van der Waals surface area contributed by atoms with Gasteiger partial charge in [-0.05, 0) is 45.2 Å². The van der Waals surface area contributed by atoms with Crippen LogP contribution < -0.4 is 10.2 Å². The van der Waals surface area contributed by atoms with Crippen molar-refractivity contribution < 1.29 is 0 Å². The summed E-state index contributed by atoms with van der Waals surface area (Å²) in [5, 5.41) is 3.57. The van der Waals surface area contributed by atoms with Crippen LogP contribution in [0.2, 0.25) is 0 Å². The molecule has 1 N–H and O–H groups in total. The fourth-order valence-electron chi connectivity index (χ4n) is 3.67. The second-order valence-corrected chi connectivity index (χ2v) is 6.95. The van der Waals surface area contributed by atoms with Crippen molar-refractivity contribution in [2.75, 3.05) is 42.9 Å². The van der Waals surface area contributed by atoms with Gasteiger partial charge in [0, 0.05) is 38.4 Å². The van der Waals surface area contributed by atoms with Crippen molar-refractivity contribution in [2.24, 2.45) is 0 Å². The number of aromatic nitrogens is 2. The van der Waals surface area contributed by atoms with Gasteiger partial charge in [0.05, 0.1) is 0 Å². The molecule has 5 nitrogen and oxygen atoms in total. The highest BCUT2D eigenvalue weighted by atomic mass is 15.2. The van der Waals surface area contributed by atoms with Crippen LogP contribution in [-0.2, 0) is 0 Å². The molecule has 1 unspecified atom stereocenters. The number of likely N-dealkylation sites (tertiary alicyclic amines) is 1. The Kier molecular flexibility index (Phi) is 6.47. The molecule has 2 saturated heterocycles. The van der Waals surface area contributed by atoms with Gasteiger partial charge >= 0.3 is 0 Å². The van der Waals surface area contributed by atoms with E-state index in [-0.39, 0.29) is 0 Å². The van der Waals surface area contributed by atoms with Crippen molar-refractivity contribution in [3.63, 3.8) is 0 Å². The number of hydrogen-bond donors (Lipinski definition) is 1. The molecule has 0 saturated carbocycles. The van der Waals surface area contributed by atoms with E-state index in [1.54, 1.807) is 0 Å². The third kappa shape index (κ3) is 4.94. The summed E-state index contributed by atoms with van der Waals surface area (Å²) in [4.78, 5) is 14.2. The molecule has 0 spiro atoms. The van der Waals surface area contributed by atoms with E-state index in [1.165, 1.54) is 45.1 Å². The van der Waals surface area contributed by atoms with Gasteiger partial charge in [0.1, 0.15) is 5.82 Å². The Bertz CT molecular complexity index is 522. The highest BCUT2D eigenvalue weighted by Crippen LogP contribution is 2.19. The van der Waals surface area contributed by atoms with Crippen LogP contribution in [0, 0.1) is 0 Å². The van der Waals surface area contributed by atoms with E-state index in [1.807, 2.05) is 6.20 Å². The average molecular weight is 329 g/mol. The minimum Gasteiger partial charge on any atom is -0.356 e. The SMILES string of the molecule is C/C=C/CN1CCCC(Nc2nccc(N3CCCCCC3)n2)C1. The first kappa shape index (κ1) is 17.2. The van der Waals surface area contributed by atoms with Crippen molar-refractivity contribution in [2.45, 2.75) is 51.5 Å². The van der Waals surface area contributed by atoms with Crippen LogP contribution in [-0.4, -0.2) is 53.6 Å². The maximum atomic E-state index is 4.79. The maximum absolute atomic E-state index is 4.79. The van der Waals surface area contributed by atoms with Crippen LogP contribution in [0.25, 0.3) is 0 Å². The lowest BCUT2D eigenvalue weighted by Crippen LogP contribution is -2.42. The summed E-state index contributed by atoms with van der Waals surface area (Å²) < 4.78 is 0. The molecule has 2 aliphatic heterocycles. The molecule has 1 atom stereocenters. The van der Waals surface area contributed by atoms with E-state index >= 15 is 0 Å². The Morgan fingerprint density at radius 3 is 2.79 bits per heavy atom. The topological polar surface area (TPSA) is 44.3 Å². The molecule has 1 aromatic rings. The highest BCUT2D eigenvalue weighted by Gasteiger charge is 2.20. The Morgan fingerprint density at radius 1 is 1.17 bits per heavy atom. The molecule has 0 aliphatic carbocycles. The van der Waals surface area contributed by atoms with Crippen molar-refractivity contribution >= 4 is 11.8 Å². The summed E-state index contributed by atoms with van der Waals surface area (Å²) in [5.74, 6) is 1.87. The Labute approximate surface area is 146 Å². The quantitative estimate of drug-likeness (QED) is 0.840. The van der Waals surface area contributed by atoms with Gasteiger partial charge in [-0.25, -0.2) is 4.98 Å².